The molecule has 1 aliphatic heterocycles. The summed E-state index contributed by atoms with van der Waals surface area (Å²) >= 11 is 0. The number of amides is 2. The first-order valence-electron chi connectivity index (χ1n) is 8.33. The molecule has 1 unspecified atom stereocenters. The Kier molecular flexibility index (Phi) is 4.32. The molecule has 1 aliphatic carbocycles. The van der Waals surface area contributed by atoms with Crippen molar-refractivity contribution >= 4 is 6.03 Å². The standard InChI is InChI=1S/C18H25FN2O2/c1-17(2)11-15(7-10-23-17)21-16(22)20-12-18(8-9-18)13-3-5-14(19)6-4-13/h3-6,15H,7-12H2,1-2H3,(H2,20,21,22). The minimum Gasteiger partial charge on any atom is -0.375 e. The minimum absolute atomic E-state index is 0.0139. The summed E-state index contributed by atoms with van der Waals surface area (Å²) in [5.74, 6) is -0.225. The molecule has 1 saturated heterocycles. The van der Waals surface area contributed by atoms with E-state index in [1.54, 1.807) is 0 Å². The van der Waals surface area contributed by atoms with Crippen molar-refractivity contribution in [2.75, 3.05) is 13.2 Å². The maximum atomic E-state index is 13.0. The van der Waals surface area contributed by atoms with Crippen molar-refractivity contribution in [3.8, 4) is 0 Å². The predicted molar refractivity (Wildman–Crippen MR) is 86.9 cm³/mol. The number of hydrogen-bond donors (Lipinski definition) is 2. The van der Waals surface area contributed by atoms with E-state index in [9.17, 15) is 9.18 Å². The average Bonchev–Trinajstić information content (AvgIpc) is 3.26. The Bertz CT molecular complexity index is 567. The number of urea groups is 1. The van der Waals surface area contributed by atoms with Gasteiger partial charge in [0.1, 0.15) is 5.82 Å². The van der Waals surface area contributed by atoms with Crippen LogP contribution in [0.25, 0.3) is 0 Å². The molecule has 2 N–H and O–H groups in total. The van der Waals surface area contributed by atoms with Crippen molar-refractivity contribution in [2.24, 2.45) is 0 Å². The second-order valence-corrected chi connectivity index (χ2v) is 7.41. The van der Waals surface area contributed by atoms with Gasteiger partial charge < -0.3 is 15.4 Å². The molecule has 126 valence electrons. The number of ether oxygens (including phenoxy) is 1. The highest BCUT2D eigenvalue weighted by Gasteiger charge is 2.44. The third-order valence-corrected chi connectivity index (χ3v) is 4.93. The van der Waals surface area contributed by atoms with Crippen molar-refractivity contribution in [2.45, 2.75) is 56.6 Å². The third kappa shape index (κ3) is 4.02. The Hall–Kier alpha value is -1.62. The summed E-state index contributed by atoms with van der Waals surface area (Å²) in [6, 6.07) is 6.64. The van der Waals surface area contributed by atoms with Gasteiger partial charge in [-0.15, -0.1) is 0 Å². The highest BCUT2D eigenvalue weighted by Crippen LogP contribution is 2.47. The van der Waals surface area contributed by atoms with E-state index >= 15 is 0 Å². The molecule has 1 aromatic rings. The zero-order valence-corrected chi connectivity index (χ0v) is 13.8. The van der Waals surface area contributed by atoms with E-state index in [4.69, 9.17) is 4.74 Å². The molecule has 3 rings (SSSR count). The largest absolute Gasteiger partial charge is 0.375 e. The van der Waals surface area contributed by atoms with Crippen molar-refractivity contribution in [3.05, 3.63) is 35.6 Å². The molecule has 2 aliphatic rings. The number of carbonyl (C=O) groups excluding carboxylic acids is 1. The first kappa shape index (κ1) is 16.2. The lowest BCUT2D eigenvalue weighted by Crippen LogP contribution is -2.49. The highest BCUT2D eigenvalue weighted by atomic mass is 19.1. The van der Waals surface area contributed by atoms with Crippen molar-refractivity contribution in [1.82, 2.24) is 10.6 Å². The Morgan fingerprint density at radius 1 is 1.30 bits per heavy atom. The SMILES string of the molecule is CC1(C)CC(NC(=O)NCC2(c3ccc(F)cc3)CC2)CCO1. The molecule has 1 saturated carbocycles. The Labute approximate surface area is 136 Å². The van der Waals surface area contributed by atoms with Gasteiger partial charge in [-0.1, -0.05) is 12.1 Å². The van der Waals surface area contributed by atoms with Crippen molar-refractivity contribution in [1.29, 1.82) is 0 Å². The molecule has 4 nitrogen and oxygen atoms in total. The summed E-state index contributed by atoms with van der Waals surface area (Å²) in [6.07, 6.45) is 3.73. The fourth-order valence-corrected chi connectivity index (χ4v) is 3.36. The number of benzene rings is 1. The molecule has 23 heavy (non-hydrogen) atoms. The number of hydrogen-bond acceptors (Lipinski definition) is 2. The van der Waals surface area contributed by atoms with Gasteiger partial charge in [0, 0.05) is 24.6 Å². The van der Waals surface area contributed by atoms with Crippen LogP contribution in [0.3, 0.4) is 0 Å². The monoisotopic (exact) mass is 320 g/mol. The van der Waals surface area contributed by atoms with Crippen LogP contribution in [0.5, 0.6) is 0 Å². The molecule has 1 atom stereocenters. The van der Waals surface area contributed by atoms with Gasteiger partial charge in [-0.05, 0) is 57.2 Å². The Balaban J connectivity index is 1.50. The van der Waals surface area contributed by atoms with Gasteiger partial charge in [0.2, 0.25) is 0 Å². The summed E-state index contributed by atoms with van der Waals surface area (Å²) in [5, 5.41) is 6.03. The zero-order chi connectivity index (χ0) is 16.5. The number of nitrogens with one attached hydrogen (secondary N) is 2. The molecule has 0 radical (unpaired) electrons. The van der Waals surface area contributed by atoms with E-state index in [0.717, 1.165) is 31.2 Å². The molecule has 1 heterocycles. The lowest BCUT2D eigenvalue weighted by Gasteiger charge is -2.35. The highest BCUT2D eigenvalue weighted by molar-refractivity contribution is 5.74. The predicted octanol–water partition coefficient (Wildman–Crippen LogP) is 3.11. The van der Waals surface area contributed by atoms with E-state index in [2.05, 4.69) is 10.6 Å². The van der Waals surface area contributed by atoms with Gasteiger partial charge in [0.25, 0.3) is 0 Å². The fourth-order valence-electron chi connectivity index (χ4n) is 3.36. The zero-order valence-electron chi connectivity index (χ0n) is 13.8. The summed E-state index contributed by atoms with van der Waals surface area (Å²) in [6.45, 7) is 5.37. The number of halogens is 1. The van der Waals surface area contributed by atoms with Gasteiger partial charge in [-0.3, -0.25) is 0 Å². The molecular formula is C18H25FN2O2. The average molecular weight is 320 g/mol. The first-order chi connectivity index (χ1) is 10.9. The Morgan fingerprint density at radius 3 is 2.61 bits per heavy atom. The van der Waals surface area contributed by atoms with Crippen LogP contribution in [0.15, 0.2) is 24.3 Å². The normalized spacial score (nSPS) is 24.7. The van der Waals surface area contributed by atoms with Gasteiger partial charge in [0.15, 0.2) is 0 Å². The third-order valence-electron chi connectivity index (χ3n) is 4.93. The summed E-state index contributed by atoms with van der Waals surface area (Å²) in [7, 11) is 0. The molecule has 1 aromatic carbocycles. The molecule has 5 heteroatoms. The van der Waals surface area contributed by atoms with Gasteiger partial charge >= 0.3 is 6.03 Å². The smallest absolute Gasteiger partial charge is 0.315 e. The van der Waals surface area contributed by atoms with Crippen molar-refractivity contribution < 1.29 is 13.9 Å². The van der Waals surface area contributed by atoms with Gasteiger partial charge in [0.05, 0.1) is 5.60 Å². The molecule has 0 aromatic heterocycles. The maximum absolute atomic E-state index is 13.0. The second kappa shape index (κ2) is 6.11. The molecule has 2 fully saturated rings. The van der Waals surface area contributed by atoms with E-state index in [0.29, 0.717) is 13.2 Å². The van der Waals surface area contributed by atoms with Crippen LogP contribution in [0, 0.1) is 5.82 Å². The van der Waals surface area contributed by atoms with Crippen LogP contribution in [0.1, 0.15) is 45.1 Å². The number of rotatable bonds is 4. The Morgan fingerprint density at radius 2 is 2.00 bits per heavy atom. The van der Waals surface area contributed by atoms with Crippen LogP contribution < -0.4 is 10.6 Å². The van der Waals surface area contributed by atoms with E-state index < -0.39 is 0 Å². The second-order valence-electron chi connectivity index (χ2n) is 7.41. The topological polar surface area (TPSA) is 50.4 Å². The number of carbonyl (C=O) groups is 1. The molecule has 2 amide bonds. The van der Waals surface area contributed by atoms with Gasteiger partial charge in [-0.25, -0.2) is 9.18 Å². The van der Waals surface area contributed by atoms with E-state index in [1.807, 2.05) is 26.0 Å². The first-order valence-corrected chi connectivity index (χ1v) is 8.33. The van der Waals surface area contributed by atoms with E-state index in [1.165, 1.54) is 12.1 Å². The lowest BCUT2D eigenvalue weighted by atomic mass is 9.94. The molecular weight excluding hydrogens is 295 g/mol. The van der Waals surface area contributed by atoms with Crippen LogP contribution in [0.2, 0.25) is 0 Å². The van der Waals surface area contributed by atoms with Gasteiger partial charge in [-0.2, -0.15) is 0 Å². The van der Waals surface area contributed by atoms with Crippen LogP contribution >= 0.6 is 0 Å². The van der Waals surface area contributed by atoms with Crippen LogP contribution in [0.4, 0.5) is 9.18 Å². The molecule has 0 bridgehead atoms. The summed E-state index contributed by atoms with van der Waals surface area (Å²) in [4.78, 5) is 12.2. The minimum atomic E-state index is -0.225. The maximum Gasteiger partial charge on any atom is 0.315 e. The van der Waals surface area contributed by atoms with Crippen LogP contribution in [-0.4, -0.2) is 30.8 Å². The van der Waals surface area contributed by atoms with E-state index in [-0.39, 0.29) is 28.9 Å². The quantitative estimate of drug-likeness (QED) is 0.895. The fraction of sp³-hybridized carbons (Fsp3) is 0.611. The van der Waals surface area contributed by atoms with Crippen molar-refractivity contribution in [3.63, 3.8) is 0 Å². The summed E-state index contributed by atoms with van der Waals surface area (Å²) < 4.78 is 18.7. The summed E-state index contributed by atoms with van der Waals surface area (Å²) in [5.41, 5.74) is 0.911. The lowest BCUT2D eigenvalue weighted by molar-refractivity contribution is -0.0611. The van der Waals surface area contributed by atoms with Crippen LogP contribution in [-0.2, 0) is 10.2 Å². The molecule has 0 spiro atoms.